The highest BCUT2D eigenvalue weighted by Gasteiger charge is 2.08. The summed E-state index contributed by atoms with van der Waals surface area (Å²) in [4.78, 5) is 16.1. The number of pyridine rings is 1. The van der Waals surface area contributed by atoms with E-state index in [1.54, 1.807) is 25.4 Å². The molecular weight excluding hydrogens is 254 g/mol. The highest BCUT2D eigenvalue weighted by molar-refractivity contribution is 5.92. The molecule has 1 heterocycles. The number of nitrogens with two attached hydrogens (primary N) is 1. The van der Waals surface area contributed by atoms with Crippen LogP contribution in [0.15, 0.2) is 42.6 Å². The summed E-state index contributed by atoms with van der Waals surface area (Å²) in [6, 6.07) is 11.0. The molecule has 20 heavy (non-hydrogen) atoms. The van der Waals surface area contributed by atoms with Crippen LogP contribution in [0, 0.1) is 0 Å². The smallest absolute Gasteiger partial charge is 0.230 e. The van der Waals surface area contributed by atoms with E-state index in [4.69, 9.17) is 10.5 Å². The molecule has 0 radical (unpaired) electrons. The maximum atomic E-state index is 12.0. The molecule has 0 aliphatic heterocycles. The number of nitrogens with zero attached hydrogens (tertiary/aromatic N) is 1. The van der Waals surface area contributed by atoms with Gasteiger partial charge >= 0.3 is 0 Å². The normalized spacial score (nSPS) is 10.2. The van der Waals surface area contributed by atoms with Gasteiger partial charge in [0.1, 0.15) is 0 Å². The van der Waals surface area contributed by atoms with E-state index in [0.29, 0.717) is 18.0 Å². The Morgan fingerprint density at radius 1 is 1.30 bits per heavy atom. The van der Waals surface area contributed by atoms with Gasteiger partial charge in [-0.3, -0.25) is 9.78 Å². The number of rotatable bonds is 5. The van der Waals surface area contributed by atoms with E-state index in [1.165, 1.54) is 0 Å². The molecule has 5 nitrogen and oxygen atoms in total. The average Bonchev–Trinajstić information content (AvgIpc) is 2.44. The summed E-state index contributed by atoms with van der Waals surface area (Å²) in [5, 5.41) is 2.87. The SMILES string of the molecule is COCc1ccccc1NC(=O)Cc1ccc(N)cn1. The zero-order valence-corrected chi connectivity index (χ0v) is 11.3. The topological polar surface area (TPSA) is 77.2 Å². The van der Waals surface area contributed by atoms with E-state index >= 15 is 0 Å². The van der Waals surface area contributed by atoms with Crippen LogP contribution in [0.2, 0.25) is 0 Å². The summed E-state index contributed by atoms with van der Waals surface area (Å²) in [5.41, 5.74) is 8.52. The molecule has 0 saturated heterocycles. The number of amides is 1. The maximum Gasteiger partial charge on any atom is 0.230 e. The van der Waals surface area contributed by atoms with Crippen LogP contribution in [-0.2, 0) is 22.6 Å². The Morgan fingerprint density at radius 3 is 2.80 bits per heavy atom. The van der Waals surface area contributed by atoms with Crippen LogP contribution in [0.3, 0.4) is 0 Å². The van der Waals surface area contributed by atoms with Crippen LogP contribution >= 0.6 is 0 Å². The van der Waals surface area contributed by atoms with Gasteiger partial charge < -0.3 is 15.8 Å². The first-order valence-electron chi connectivity index (χ1n) is 6.26. The minimum Gasteiger partial charge on any atom is -0.397 e. The second-order valence-electron chi connectivity index (χ2n) is 4.40. The molecule has 0 bridgehead atoms. The van der Waals surface area contributed by atoms with Gasteiger partial charge in [0.15, 0.2) is 0 Å². The molecular formula is C15H17N3O2. The second-order valence-corrected chi connectivity index (χ2v) is 4.40. The van der Waals surface area contributed by atoms with Crippen LogP contribution in [0.5, 0.6) is 0 Å². The molecule has 104 valence electrons. The number of hydrogen-bond donors (Lipinski definition) is 2. The third-order valence-electron chi connectivity index (χ3n) is 2.78. The molecule has 1 aromatic carbocycles. The van der Waals surface area contributed by atoms with Crippen molar-refractivity contribution in [1.82, 2.24) is 4.98 Å². The highest BCUT2D eigenvalue weighted by atomic mass is 16.5. The van der Waals surface area contributed by atoms with E-state index in [0.717, 1.165) is 11.3 Å². The van der Waals surface area contributed by atoms with E-state index in [1.807, 2.05) is 24.3 Å². The molecule has 2 aromatic rings. The molecule has 5 heteroatoms. The fourth-order valence-corrected chi connectivity index (χ4v) is 1.82. The molecule has 0 atom stereocenters. The number of methoxy groups -OCH3 is 1. The van der Waals surface area contributed by atoms with Crippen LogP contribution in [0.1, 0.15) is 11.3 Å². The fraction of sp³-hybridized carbons (Fsp3) is 0.200. The Bertz CT molecular complexity index is 582. The van der Waals surface area contributed by atoms with Gasteiger partial charge in [-0.25, -0.2) is 0 Å². The van der Waals surface area contributed by atoms with Crippen LogP contribution < -0.4 is 11.1 Å². The standard InChI is InChI=1S/C15H17N3O2/c1-20-10-11-4-2-3-5-14(11)18-15(19)8-13-7-6-12(16)9-17-13/h2-7,9H,8,10,16H2,1H3,(H,18,19). The molecule has 0 saturated carbocycles. The van der Waals surface area contributed by atoms with E-state index < -0.39 is 0 Å². The van der Waals surface area contributed by atoms with E-state index in [9.17, 15) is 4.79 Å². The first kappa shape index (κ1) is 14.0. The molecule has 0 spiro atoms. The minimum absolute atomic E-state index is 0.120. The lowest BCUT2D eigenvalue weighted by Crippen LogP contribution is -2.16. The lowest BCUT2D eigenvalue weighted by Gasteiger charge is -2.10. The first-order chi connectivity index (χ1) is 9.69. The van der Waals surface area contributed by atoms with Crippen molar-refractivity contribution < 1.29 is 9.53 Å². The van der Waals surface area contributed by atoms with Gasteiger partial charge in [-0.1, -0.05) is 18.2 Å². The van der Waals surface area contributed by atoms with Crippen molar-refractivity contribution in [3.8, 4) is 0 Å². The Morgan fingerprint density at radius 2 is 2.10 bits per heavy atom. The number of nitrogens with one attached hydrogen (secondary N) is 1. The lowest BCUT2D eigenvalue weighted by atomic mass is 10.1. The van der Waals surface area contributed by atoms with Gasteiger partial charge in [-0.05, 0) is 18.2 Å². The zero-order valence-electron chi connectivity index (χ0n) is 11.3. The molecule has 1 aromatic heterocycles. The van der Waals surface area contributed by atoms with Crippen molar-refractivity contribution in [2.75, 3.05) is 18.2 Å². The molecule has 0 aliphatic carbocycles. The van der Waals surface area contributed by atoms with Crippen LogP contribution in [0.25, 0.3) is 0 Å². The van der Waals surface area contributed by atoms with Crippen LogP contribution in [-0.4, -0.2) is 18.0 Å². The van der Waals surface area contributed by atoms with Crippen molar-refractivity contribution in [2.24, 2.45) is 0 Å². The summed E-state index contributed by atoms with van der Waals surface area (Å²) in [6.45, 7) is 0.455. The fourth-order valence-electron chi connectivity index (χ4n) is 1.82. The maximum absolute atomic E-state index is 12.0. The van der Waals surface area contributed by atoms with Crippen molar-refractivity contribution in [2.45, 2.75) is 13.0 Å². The summed E-state index contributed by atoms with van der Waals surface area (Å²) in [5.74, 6) is -0.120. The number of ether oxygens (including phenoxy) is 1. The summed E-state index contributed by atoms with van der Waals surface area (Å²) < 4.78 is 5.10. The Kier molecular flexibility index (Phi) is 4.68. The number of anilines is 2. The monoisotopic (exact) mass is 271 g/mol. The second kappa shape index (κ2) is 6.68. The first-order valence-corrected chi connectivity index (χ1v) is 6.26. The van der Waals surface area contributed by atoms with Gasteiger partial charge in [0.25, 0.3) is 0 Å². The molecule has 3 N–H and O–H groups in total. The third-order valence-corrected chi connectivity index (χ3v) is 2.78. The molecule has 1 amide bonds. The minimum atomic E-state index is -0.120. The Labute approximate surface area is 117 Å². The number of carbonyl (C=O) groups excluding carboxylic acids is 1. The number of hydrogen-bond acceptors (Lipinski definition) is 4. The average molecular weight is 271 g/mol. The molecule has 0 fully saturated rings. The van der Waals surface area contributed by atoms with Gasteiger partial charge in [0, 0.05) is 24.1 Å². The highest BCUT2D eigenvalue weighted by Crippen LogP contribution is 2.16. The van der Waals surface area contributed by atoms with Crippen molar-refractivity contribution >= 4 is 17.3 Å². The Hall–Kier alpha value is -2.40. The third kappa shape index (κ3) is 3.80. The van der Waals surface area contributed by atoms with Crippen LogP contribution in [0.4, 0.5) is 11.4 Å². The predicted molar refractivity (Wildman–Crippen MR) is 78.1 cm³/mol. The van der Waals surface area contributed by atoms with E-state index in [2.05, 4.69) is 10.3 Å². The molecule has 0 aliphatic rings. The summed E-state index contributed by atoms with van der Waals surface area (Å²) in [7, 11) is 1.62. The van der Waals surface area contributed by atoms with Gasteiger partial charge in [-0.2, -0.15) is 0 Å². The predicted octanol–water partition coefficient (Wildman–Crippen LogP) is 1.99. The Balaban J connectivity index is 2.02. The van der Waals surface area contributed by atoms with Crippen molar-refractivity contribution in [3.63, 3.8) is 0 Å². The molecule has 0 unspecified atom stereocenters. The number of nitrogen functional groups attached to an aromatic ring is 1. The van der Waals surface area contributed by atoms with Crippen molar-refractivity contribution in [1.29, 1.82) is 0 Å². The zero-order chi connectivity index (χ0) is 14.4. The number of para-hydroxylation sites is 1. The van der Waals surface area contributed by atoms with Gasteiger partial charge in [-0.15, -0.1) is 0 Å². The number of carbonyl (C=O) groups is 1. The summed E-state index contributed by atoms with van der Waals surface area (Å²) in [6.07, 6.45) is 1.75. The lowest BCUT2D eigenvalue weighted by molar-refractivity contribution is -0.115. The number of aromatic nitrogens is 1. The number of benzene rings is 1. The summed E-state index contributed by atoms with van der Waals surface area (Å²) >= 11 is 0. The molecule has 2 rings (SSSR count). The van der Waals surface area contributed by atoms with Crippen molar-refractivity contribution in [3.05, 3.63) is 53.9 Å². The van der Waals surface area contributed by atoms with E-state index in [-0.39, 0.29) is 12.3 Å². The quantitative estimate of drug-likeness (QED) is 0.871. The van der Waals surface area contributed by atoms with Gasteiger partial charge in [0.05, 0.1) is 24.9 Å². The largest absolute Gasteiger partial charge is 0.397 e. The van der Waals surface area contributed by atoms with Gasteiger partial charge in [0.2, 0.25) is 5.91 Å².